The summed E-state index contributed by atoms with van der Waals surface area (Å²) >= 11 is 0. The summed E-state index contributed by atoms with van der Waals surface area (Å²) in [6.07, 6.45) is 15.2. The van der Waals surface area contributed by atoms with Gasteiger partial charge < -0.3 is 0 Å². The molecule has 0 N–H and O–H groups in total. The first-order valence-corrected chi connectivity index (χ1v) is 14.4. The number of halogens is 1. The van der Waals surface area contributed by atoms with Crippen LogP contribution in [0.1, 0.15) is 71.1 Å². The normalized spacial score (nSPS) is 11.2. The lowest BCUT2D eigenvalue weighted by molar-refractivity contribution is 0.563. The highest BCUT2D eigenvalue weighted by molar-refractivity contribution is 8.93. The molecule has 0 aliphatic carbocycles. The monoisotopic (exact) mass is 511 g/mol. The van der Waals surface area contributed by atoms with Crippen LogP contribution < -0.4 is 15.9 Å². The maximum atomic E-state index is 2.37. The van der Waals surface area contributed by atoms with E-state index >= 15 is 0 Å². The summed E-state index contributed by atoms with van der Waals surface area (Å²) in [5.41, 5.74) is 0. The molecule has 0 nitrogen and oxygen atoms in total. The molecule has 0 unspecified atom stereocenters. The van der Waals surface area contributed by atoms with Gasteiger partial charge in [0.2, 0.25) is 0 Å². The maximum Gasteiger partial charge on any atom is -0.0196 e. The molecule has 0 spiro atoms. The maximum absolute atomic E-state index is 2.37. The van der Waals surface area contributed by atoms with Crippen molar-refractivity contribution in [3.8, 4) is 0 Å². The zero-order chi connectivity index (χ0) is 21.6. The molecule has 0 atom stereocenters. The van der Waals surface area contributed by atoms with E-state index in [2.05, 4.69) is 97.9 Å². The van der Waals surface area contributed by atoms with Gasteiger partial charge in [0, 0.05) is 0 Å². The summed E-state index contributed by atoms with van der Waals surface area (Å²) in [6.45, 7) is 2.29. The zero-order valence-electron chi connectivity index (χ0n) is 19.8. The predicted octanol–water partition coefficient (Wildman–Crippen LogP) is 8.48. The Morgan fingerprint density at radius 1 is 0.438 bits per heavy atom. The molecule has 1 radical (unpaired) electrons. The molecule has 0 heterocycles. The van der Waals surface area contributed by atoms with Gasteiger partial charge in [-0.15, -0.1) is 17.0 Å². The van der Waals surface area contributed by atoms with Gasteiger partial charge in [0.25, 0.3) is 0 Å². The average Bonchev–Trinajstić information content (AvgIpc) is 2.84. The van der Waals surface area contributed by atoms with Crippen molar-refractivity contribution in [2.24, 2.45) is 0 Å². The van der Waals surface area contributed by atoms with Crippen molar-refractivity contribution in [1.82, 2.24) is 0 Å². The third-order valence-electron chi connectivity index (χ3n) is 6.44. The summed E-state index contributed by atoms with van der Waals surface area (Å²) in [6, 6.07) is 33.9. The summed E-state index contributed by atoms with van der Waals surface area (Å²) in [5.74, 6) is 0. The van der Waals surface area contributed by atoms with Crippen molar-refractivity contribution >= 4 is 40.2 Å². The van der Waals surface area contributed by atoms with Crippen LogP contribution in [-0.4, -0.2) is 6.16 Å². The van der Waals surface area contributed by atoms with Crippen LogP contribution in [0, 0.1) is 0 Å². The minimum atomic E-state index is -1.63. The highest BCUT2D eigenvalue weighted by Crippen LogP contribution is 2.55. The van der Waals surface area contributed by atoms with E-state index in [0.717, 1.165) is 0 Å². The fourth-order valence-corrected chi connectivity index (χ4v) is 9.13. The van der Waals surface area contributed by atoms with Crippen molar-refractivity contribution < 1.29 is 0 Å². The van der Waals surface area contributed by atoms with Crippen LogP contribution in [0.25, 0.3) is 0 Å². The van der Waals surface area contributed by atoms with Gasteiger partial charge in [0.05, 0.1) is 0 Å². The molecular weight excluding hydrogens is 471 g/mol. The number of hydrogen-bond acceptors (Lipinski definition) is 0. The summed E-state index contributed by atoms with van der Waals surface area (Å²) in [4.78, 5) is 0. The fourth-order valence-electron chi connectivity index (χ4n) is 4.72. The fraction of sp³-hybridized carbons (Fsp3) is 0.400. The van der Waals surface area contributed by atoms with E-state index in [0.29, 0.717) is 0 Å². The molecule has 0 fully saturated rings. The molecule has 0 aliphatic heterocycles. The van der Waals surface area contributed by atoms with Crippen molar-refractivity contribution in [2.75, 3.05) is 6.16 Å². The Labute approximate surface area is 208 Å². The molecule has 0 bridgehead atoms. The first-order valence-electron chi connectivity index (χ1n) is 12.4. The third-order valence-corrected chi connectivity index (χ3v) is 11.0. The molecule has 0 amide bonds. The summed E-state index contributed by atoms with van der Waals surface area (Å²) in [7, 11) is -1.63. The standard InChI is InChI=1S/C30H40P.BrH/c1-2-3-4-5-6-7-8-9-10-20-27-31(28-21-14-11-15-22-28,29-23-16-12-17-24-29)30-25-18-13-19-26-30;/h11-19,21-26H,2-10,20,27H2,1H3;1H. The molecule has 0 aliphatic rings. The van der Waals surface area contributed by atoms with Crippen molar-refractivity contribution in [3.63, 3.8) is 0 Å². The molecule has 3 aromatic rings. The van der Waals surface area contributed by atoms with Crippen molar-refractivity contribution in [1.29, 1.82) is 0 Å². The van der Waals surface area contributed by atoms with Crippen LogP contribution in [0.5, 0.6) is 0 Å². The Kier molecular flexibility index (Phi) is 12.9. The molecule has 3 aromatic carbocycles. The van der Waals surface area contributed by atoms with E-state index in [1.165, 1.54) is 86.3 Å². The van der Waals surface area contributed by atoms with E-state index in [9.17, 15) is 0 Å². The predicted molar refractivity (Wildman–Crippen MR) is 152 cm³/mol. The summed E-state index contributed by atoms with van der Waals surface area (Å²) in [5, 5.41) is 4.55. The molecule has 0 saturated carbocycles. The molecular formula is C30H41BrP. The highest BCUT2D eigenvalue weighted by atomic mass is 79.9. The molecule has 32 heavy (non-hydrogen) atoms. The smallest absolute Gasteiger partial charge is 0.0196 e. The van der Waals surface area contributed by atoms with E-state index in [1.54, 1.807) is 0 Å². The van der Waals surface area contributed by atoms with Gasteiger partial charge in [0.1, 0.15) is 0 Å². The second kappa shape index (κ2) is 15.4. The van der Waals surface area contributed by atoms with Crippen molar-refractivity contribution in [2.45, 2.75) is 71.1 Å². The number of benzene rings is 3. The second-order valence-corrected chi connectivity index (χ2v) is 12.3. The van der Waals surface area contributed by atoms with Crippen LogP contribution in [0.15, 0.2) is 91.0 Å². The van der Waals surface area contributed by atoms with E-state index in [-0.39, 0.29) is 17.0 Å². The van der Waals surface area contributed by atoms with E-state index < -0.39 is 7.26 Å². The second-order valence-electron chi connectivity index (χ2n) is 8.72. The van der Waals surface area contributed by atoms with Gasteiger partial charge in [-0.05, 0) is 35.8 Å². The lowest BCUT2D eigenvalue weighted by Gasteiger charge is -2.38. The lowest BCUT2D eigenvalue weighted by atomic mass is 10.1. The summed E-state index contributed by atoms with van der Waals surface area (Å²) < 4.78 is 0. The Balaban J connectivity index is 0.00000363. The number of unbranched alkanes of at least 4 members (excludes halogenated alkanes) is 9. The Bertz CT molecular complexity index is 736. The van der Waals surface area contributed by atoms with Gasteiger partial charge in [0.15, 0.2) is 0 Å². The minimum absolute atomic E-state index is 0. The quantitative estimate of drug-likeness (QED) is 0.150. The molecule has 3 rings (SSSR count). The largest absolute Gasteiger partial charge is 0.114 e. The Hall–Kier alpha value is -1.43. The van der Waals surface area contributed by atoms with Crippen molar-refractivity contribution in [3.05, 3.63) is 91.0 Å². The first-order chi connectivity index (χ1) is 15.4. The van der Waals surface area contributed by atoms with Gasteiger partial charge in [-0.1, -0.05) is 156 Å². The Morgan fingerprint density at radius 3 is 1.09 bits per heavy atom. The first kappa shape index (κ1) is 26.8. The van der Waals surface area contributed by atoms with Crippen LogP contribution in [0.4, 0.5) is 0 Å². The zero-order valence-corrected chi connectivity index (χ0v) is 22.4. The van der Waals surface area contributed by atoms with E-state index in [1.807, 2.05) is 0 Å². The van der Waals surface area contributed by atoms with Crippen LogP contribution in [0.3, 0.4) is 0 Å². The van der Waals surface area contributed by atoms with Crippen LogP contribution in [-0.2, 0) is 0 Å². The molecule has 2 heteroatoms. The molecule has 173 valence electrons. The van der Waals surface area contributed by atoms with E-state index in [4.69, 9.17) is 0 Å². The van der Waals surface area contributed by atoms with Crippen LogP contribution in [0.2, 0.25) is 0 Å². The minimum Gasteiger partial charge on any atom is -0.114 e. The van der Waals surface area contributed by atoms with Gasteiger partial charge in [-0.25, -0.2) is 0 Å². The van der Waals surface area contributed by atoms with Crippen LogP contribution >= 0.6 is 24.2 Å². The SMILES string of the molecule is Br.CCCCCCCCCCCC[P](c1ccccc1)(c1ccccc1)c1ccccc1. The van der Waals surface area contributed by atoms with Gasteiger partial charge in [-0.3, -0.25) is 0 Å². The number of rotatable bonds is 14. The molecule has 0 aromatic heterocycles. The highest BCUT2D eigenvalue weighted by Gasteiger charge is 2.33. The average molecular weight is 513 g/mol. The third kappa shape index (κ3) is 7.57. The Morgan fingerprint density at radius 2 is 0.750 bits per heavy atom. The molecule has 0 saturated heterocycles. The topological polar surface area (TPSA) is 0 Å². The van der Waals surface area contributed by atoms with Gasteiger partial charge >= 0.3 is 0 Å². The number of hydrogen-bond donors (Lipinski definition) is 0. The lowest BCUT2D eigenvalue weighted by Crippen LogP contribution is -2.33. The van der Waals surface area contributed by atoms with Gasteiger partial charge in [-0.2, -0.15) is 0 Å².